The standard InChI is InChI=1S/C29H28N2O4S/c1-3-35-27(32)10-7-19-36-25-17-15-24(16-18-25)30-29(34)26(20-22-13-11-21(2)12-14-22)31-28(33)23-8-5-4-6-9-23/h4-18,20H,3,19H2,1-2H3,(H,30,34)(H,31,33)/b10-7+,26-20-. The van der Waals surface area contributed by atoms with Gasteiger partial charge in [0, 0.05) is 28.0 Å². The van der Waals surface area contributed by atoms with E-state index in [1.54, 1.807) is 67.2 Å². The van der Waals surface area contributed by atoms with Gasteiger partial charge in [-0.2, -0.15) is 0 Å². The fourth-order valence-corrected chi connectivity index (χ4v) is 3.80. The molecule has 0 aromatic heterocycles. The molecule has 2 amide bonds. The summed E-state index contributed by atoms with van der Waals surface area (Å²) in [6, 6.07) is 23.7. The van der Waals surface area contributed by atoms with Crippen molar-refractivity contribution in [2.24, 2.45) is 0 Å². The molecule has 184 valence electrons. The minimum atomic E-state index is -0.433. The Kier molecular flexibility index (Phi) is 10.1. The highest BCUT2D eigenvalue weighted by Gasteiger charge is 2.15. The molecule has 3 rings (SSSR count). The first-order valence-electron chi connectivity index (χ1n) is 11.5. The van der Waals surface area contributed by atoms with Crippen LogP contribution in [0.2, 0.25) is 0 Å². The molecule has 6 nitrogen and oxygen atoms in total. The molecule has 0 bridgehead atoms. The van der Waals surface area contributed by atoms with Gasteiger partial charge in [0.2, 0.25) is 0 Å². The zero-order chi connectivity index (χ0) is 25.8. The second-order valence-electron chi connectivity index (χ2n) is 7.73. The number of hydrogen-bond acceptors (Lipinski definition) is 5. The van der Waals surface area contributed by atoms with Crippen molar-refractivity contribution in [1.29, 1.82) is 0 Å². The van der Waals surface area contributed by atoms with Crippen LogP contribution in [0.3, 0.4) is 0 Å². The Hall–Kier alpha value is -4.10. The van der Waals surface area contributed by atoms with Crippen molar-refractivity contribution in [3.8, 4) is 0 Å². The lowest BCUT2D eigenvalue weighted by molar-refractivity contribution is -0.137. The number of benzene rings is 3. The molecule has 0 fully saturated rings. The third-order valence-corrected chi connectivity index (χ3v) is 5.88. The van der Waals surface area contributed by atoms with E-state index in [1.807, 2.05) is 49.4 Å². The lowest BCUT2D eigenvalue weighted by Crippen LogP contribution is -2.30. The van der Waals surface area contributed by atoms with Gasteiger partial charge in [-0.05, 0) is 61.9 Å². The number of carbonyl (C=O) groups is 3. The van der Waals surface area contributed by atoms with E-state index in [-0.39, 0.29) is 17.6 Å². The lowest BCUT2D eigenvalue weighted by Gasteiger charge is -2.12. The fourth-order valence-electron chi connectivity index (χ4n) is 3.08. The number of hydrogen-bond donors (Lipinski definition) is 2. The van der Waals surface area contributed by atoms with Crippen molar-refractivity contribution in [3.05, 3.63) is 113 Å². The molecule has 7 heteroatoms. The molecule has 0 aliphatic heterocycles. The lowest BCUT2D eigenvalue weighted by atomic mass is 10.1. The van der Waals surface area contributed by atoms with Gasteiger partial charge in [0.25, 0.3) is 11.8 Å². The smallest absolute Gasteiger partial charge is 0.330 e. The second kappa shape index (κ2) is 13.7. The van der Waals surface area contributed by atoms with Crippen molar-refractivity contribution in [1.82, 2.24) is 5.32 Å². The number of thioether (sulfide) groups is 1. The van der Waals surface area contributed by atoms with Crippen LogP contribution in [0, 0.1) is 6.92 Å². The zero-order valence-corrected chi connectivity index (χ0v) is 21.0. The monoisotopic (exact) mass is 500 g/mol. The van der Waals surface area contributed by atoms with Gasteiger partial charge < -0.3 is 15.4 Å². The Morgan fingerprint density at radius 3 is 2.28 bits per heavy atom. The maximum Gasteiger partial charge on any atom is 0.330 e. The molecule has 0 aliphatic carbocycles. The first kappa shape index (κ1) is 26.5. The van der Waals surface area contributed by atoms with Crippen LogP contribution >= 0.6 is 11.8 Å². The molecule has 0 aliphatic rings. The number of ether oxygens (including phenoxy) is 1. The Morgan fingerprint density at radius 2 is 1.61 bits per heavy atom. The molecule has 0 unspecified atom stereocenters. The fraction of sp³-hybridized carbons (Fsp3) is 0.138. The summed E-state index contributed by atoms with van der Waals surface area (Å²) in [5.74, 6) is -0.547. The molecule has 0 spiro atoms. The summed E-state index contributed by atoms with van der Waals surface area (Å²) in [7, 11) is 0. The largest absolute Gasteiger partial charge is 0.463 e. The quantitative estimate of drug-likeness (QED) is 0.215. The van der Waals surface area contributed by atoms with Crippen molar-refractivity contribution in [2.75, 3.05) is 17.7 Å². The van der Waals surface area contributed by atoms with E-state index in [0.717, 1.165) is 16.0 Å². The maximum atomic E-state index is 13.1. The molecule has 0 radical (unpaired) electrons. The number of esters is 1. The Bertz CT molecular complexity index is 1230. The van der Waals surface area contributed by atoms with Crippen LogP contribution in [-0.4, -0.2) is 30.1 Å². The van der Waals surface area contributed by atoms with Crippen molar-refractivity contribution in [3.63, 3.8) is 0 Å². The van der Waals surface area contributed by atoms with Gasteiger partial charge in [-0.1, -0.05) is 54.1 Å². The summed E-state index contributed by atoms with van der Waals surface area (Å²) in [4.78, 5) is 38.2. The van der Waals surface area contributed by atoms with Crippen LogP contribution in [0.15, 0.2) is 102 Å². The minimum Gasteiger partial charge on any atom is -0.463 e. The number of aryl methyl sites for hydroxylation is 1. The van der Waals surface area contributed by atoms with Crippen molar-refractivity contribution >= 4 is 41.3 Å². The van der Waals surface area contributed by atoms with Crippen LogP contribution in [-0.2, 0) is 14.3 Å². The van der Waals surface area contributed by atoms with E-state index < -0.39 is 5.91 Å². The van der Waals surface area contributed by atoms with E-state index in [4.69, 9.17) is 4.74 Å². The molecule has 2 N–H and O–H groups in total. The van der Waals surface area contributed by atoms with Crippen LogP contribution in [0.4, 0.5) is 5.69 Å². The van der Waals surface area contributed by atoms with E-state index in [0.29, 0.717) is 23.6 Å². The molecule has 0 atom stereocenters. The number of nitrogens with one attached hydrogen (secondary N) is 2. The van der Waals surface area contributed by atoms with Gasteiger partial charge in [0.05, 0.1) is 6.61 Å². The van der Waals surface area contributed by atoms with E-state index >= 15 is 0 Å². The minimum absolute atomic E-state index is 0.135. The Morgan fingerprint density at radius 1 is 0.917 bits per heavy atom. The summed E-state index contributed by atoms with van der Waals surface area (Å²) >= 11 is 1.55. The highest BCUT2D eigenvalue weighted by molar-refractivity contribution is 7.99. The third-order valence-electron chi connectivity index (χ3n) is 4.92. The predicted octanol–water partition coefficient (Wildman–Crippen LogP) is 5.62. The SMILES string of the molecule is CCOC(=O)/C=C/CSc1ccc(NC(=O)/C(=C/c2ccc(C)cc2)NC(=O)c2ccccc2)cc1. The van der Waals surface area contributed by atoms with E-state index in [1.165, 1.54) is 6.08 Å². The molecule has 0 saturated heterocycles. The van der Waals surface area contributed by atoms with Crippen molar-refractivity contribution in [2.45, 2.75) is 18.7 Å². The van der Waals surface area contributed by atoms with E-state index in [2.05, 4.69) is 10.6 Å². The van der Waals surface area contributed by atoms with Gasteiger partial charge in [-0.3, -0.25) is 9.59 Å². The summed E-state index contributed by atoms with van der Waals surface area (Å²) in [5.41, 5.74) is 3.08. The predicted molar refractivity (Wildman–Crippen MR) is 145 cm³/mol. The van der Waals surface area contributed by atoms with Crippen LogP contribution in [0.25, 0.3) is 6.08 Å². The second-order valence-corrected chi connectivity index (χ2v) is 8.83. The highest BCUT2D eigenvalue weighted by Crippen LogP contribution is 2.21. The Labute approximate surface area is 215 Å². The molecular formula is C29H28N2O4S. The average Bonchev–Trinajstić information content (AvgIpc) is 2.89. The summed E-state index contributed by atoms with van der Waals surface area (Å²) < 4.78 is 4.85. The van der Waals surface area contributed by atoms with Gasteiger partial charge >= 0.3 is 5.97 Å². The number of carbonyl (C=O) groups excluding carboxylic acids is 3. The summed E-state index contributed by atoms with van der Waals surface area (Å²) in [5, 5.41) is 5.59. The topological polar surface area (TPSA) is 84.5 Å². The highest BCUT2D eigenvalue weighted by atomic mass is 32.2. The van der Waals surface area contributed by atoms with E-state index in [9.17, 15) is 14.4 Å². The Balaban J connectivity index is 1.68. The van der Waals surface area contributed by atoms with Crippen LogP contribution in [0.1, 0.15) is 28.4 Å². The van der Waals surface area contributed by atoms with Gasteiger partial charge in [-0.15, -0.1) is 11.8 Å². The number of amides is 2. The van der Waals surface area contributed by atoms with Gasteiger partial charge in [0.1, 0.15) is 5.70 Å². The first-order valence-corrected chi connectivity index (χ1v) is 12.5. The molecule has 3 aromatic carbocycles. The van der Waals surface area contributed by atoms with Gasteiger partial charge in [-0.25, -0.2) is 4.79 Å². The molecule has 0 heterocycles. The molecule has 3 aromatic rings. The van der Waals surface area contributed by atoms with Crippen LogP contribution < -0.4 is 10.6 Å². The maximum absolute atomic E-state index is 13.1. The number of rotatable bonds is 10. The summed E-state index contributed by atoms with van der Waals surface area (Å²) in [6.45, 7) is 4.09. The molecule has 36 heavy (non-hydrogen) atoms. The van der Waals surface area contributed by atoms with Crippen LogP contribution in [0.5, 0.6) is 0 Å². The average molecular weight is 501 g/mol. The third kappa shape index (κ3) is 8.60. The molecular weight excluding hydrogens is 472 g/mol. The summed E-state index contributed by atoms with van der Waals surface area (Å²) in [6.07, 6.45) is 4.81. The normalized spacial score (nSPS) is 11.2. The first-order chi connectivity index (χ1) is 17.4. The number of anilines is 1. The van der Waals surface area contributed by atoms with Crippen molar-refractivity contribution < 1.29 is 19.1 Å². The molecule has 0 saturated carbocycles. The zero-order valence-electron chi connectivity index (χ0n) is 20.2. The van der Waals surface area contributed by atoms with Gasteiger partial charge in [0.15, 0.2) is 0 Å².